The third kappa shape index (κ3) is 3.23. The first-order valence-corrected chi connectivity index (χ1v) is 10.3. The number of nitrogens with two attached hydrogens (primary N) is 1. The number of hydrogen-bond acceptors (Lipinski definition) is 6. The average Bonchev–Trinajstić information content (AvgIpc) is 3.36. The number of nitrogens with one attached hydrogen (secondary N) is 1. The predicted octanol–water partition coefficient (Wildman–Crippen LogP) is 2.63. The minimum atomic E-state index is -0.289. The van der Waals surface area contributed by atoms with Gasteiger partial charge in [-0.25, -0.2) is 4.79 Å². The van der Waals surface area contributed by atoms with E-state index >= 15 is 0 Å². The number of amides is 2. The van der Waals surface area contributed by atoms with Crippen molar-refractivity contribution in [2.75, 3.05) is 25.0 Å². The molecule has 1 aromatic carbocycles. The Morgan fingerprint density at radius 2 is 2.15 bits per heavy atom. The number of nitrogens with zero attached hydrogens (tertiary/aromatic N) is 3. The highest BCUT2D eigenvalue weighted by Gasteiger charge is 2.44. The van der Waals surface area contributed by atoms with Crippen molar-refractivity contribution in [2.24, 2.45) is 5.73 Å². The maximum absolute atomic E-state index is 11.4. The molecule has 3 aliphatic rings. The Balaban J connectivity index is 1.20. The SMILES string of the molecule is NC(=O)N1C[C@@H]2C[C@H]1CN2Cc1ccc(Oc2nc3c(s2)CCCN3)cc1. The summed E-state index contributed by atoms with van der Waals surface area (Å²) in [6.07, 6.45) is 3.26. The van der Waals surface area contributed by atoms with Crippen LogP contribution in [0, 0.1) is 0 Å². The summed E-state index contributed by atoms with van der Waals surface area (Å²) < 4.78 is 5.94. The topological polar surface area (TPSA) is 83.7 Å². The number of rotatable bonds is 4. The molecule has 4 heterocycles. The lowest BCUT2D eigenvalue weighted by Gasteiger charge is -2.33. The number of ether oxygens (including phenoxy) is 1. The summed E-state index contributed by atoms with van der Waals surface area (Å²) >= 11 is 1.62. The van der Waals surface area contributed by atoms with E-state index in [1.54, 1.807) is 16.2 Å². The monoisotopic (exact) mass is 385 g/mol. The summed E-state index contributed by atoms with van der Waals surface area (Å²) in [6.45, 7) is 3.54. The molecular weight excluding hydrogens is 362 g/mol. The van der Waals surface area contributed by atoms with Gasteiger partial charge in [-0.1, -0.05) is 23.5 Å². The summed E-state index contributed by atoms with van der Waals surface area (Å²) in [5.74, 6) is 1.79. The highest BCUT2D eigenvalue weighted by Crippen LogP contribution is 2.35. The third-order valence-corrected chi connectivity index (χ3v) is 6.70. The maximum atomic E-state index is 11.4. The number of primary amides is 1. The number of likely N-dealkylation sites (tertiary alicyclic amines) is 2. The van der Waals surface area contributed by atoms with Gasteiger partial charge in [-0.05, 0) is 37.0 Å². The Kier molecular flexibility index (Phi) is 4.17. The number of carbonyl (C=O) groups is 1. The molecule has 142 valence electrons. The van der Waals surface area contributed by atoms with Gasteiger partial charge in [-0.15, -0.1) is 0 Å². The van der Waals surface area contributed by atoms with Crippen LogP contribution in [0.25, 0.3) is 0 Å². The van der Waals surface area contributed by atoms with E-state index in [2.05, 4.69) is 27.3 Å². The molecule has 2 aromatic rings. The first kappa shape index (κ1) is 16.8. The van der Waals surface area contributed by atoms with Crippen molar-refractivity contribution in [1.82, 2.24) is 14.8 Å². The minimum absolute atomic E-state index is 0.277. The van der Waals surface area contributed by atoms with Gasteiger partial charge in [0.1, 0.15) is 11.6 Å². The fourth-order valence-corrected chi connectivity index (χ4v) is 5.29. The van der Waals surface area contributed by atoms with E-state index in [4.69, 9.17) is 10.5 Å². The third-order valence-electron chi connectivity index (χ3n) is 5.70. The summed E-state index contributed by atoms with van der Waals surface area (Å²) in [4.78, 5) is 21.5. The molecule has 0 spiro atoms. The maximum Gasteiger partial charge on any atom is 0.315 e. The number of benzene rings is 1. The van der Waals surface area contributed by atoms with E-state index in [9.17, 15) is 4.79 Å². The van der Waals surface area contributed by atoms with Gasteiger partial charge in [-0.3, -0.25) is 4.90 Å². The molecule has 0 radical (unpaired) electrons. The minimum Gasteiger partial charge on any atom is -0.431 e. The molecule has 5 rings (SSSR count). The lowest BCUT2D eigenvalue weighted by Crippen LogP contribution is -2.50. The summed E-state index contributed by atoms with van der Waals surface area (Å²) in [6, 6.07) is 8.65. The van der Waals surface area contributed by atoms with Crippen molar-refractivity contribution in [3.8, 4) is 10.9 Å². The number of anilines is 1. The fourth-order valence-electron chi connectivity index (χ4n) is 4.35. The molecule has 0 saturated carbocycles. The summed E-state index contributed by atoms with van der Waals surface area (Å²) in [5.41, 5.74) is 6.69. The van der Waals surface area contributed by atoms with Crippen molar-refractivity contribution < 1.29 is 9.53 Å². The van der Waals surface area contributed by atoms with Crippen LogP contribution < -0.4 is 15.8 Å². The van der Waals surface area contributed by atoms with Gasteiger partial charge in [0.2, 0.25) is 0 Å². The number of thiazole rings is 1. The molecule has 8 heteroatoms. The van der Waals surface area contributed by atoms with Gasteiger partial charge in [-0.2, -0.15) is 4.98 Å². The zero-order chi connectivity index (χ0) is 18.4. The van der Waals surface area contributed by atoms with Crippen LogP contribution in [0.4, 0.5) is 10.6 Å². The number of carbonyl (C=O) groups excluding carboxylic acids is 1. The standard InChI is InChI=1S/C19H23N5O2S/c20-18(25)24-11-13-8-14(24)10-23(13)9-12-3-5-15(6-4-12)26-19-22-17-16(27-19)2-1-7-21-17/h3-6,13-14,21H,1-2,7-11H2,(H2,20,25)/t13-,14-/m0/s1. The van der Waals surface area contributed by atoms with E-state index in [0.29, 0.717) is 11.2 Å². The van der Waals surface area contributed by atoms with Crippen molar-refractivity contribution in [1.29, 1.82) is 0 Å². The van der Waals surface area contributed by atoms with Gasteiger partial charge in [0.05, 0.1) is 4.88 Å². The summed E-state index contributed by atoms with van der Waals surface area (Å²) in [5, 5.41) is 4.02. The van der Waals surface area contributed by atoms with Crippen LogP contribution in [0.15, 0.2) is 24.3 Å². The molecular formula is C19H23N5O2S. The van der Waals surface area contributed by atoms with Gasteiger partial charge in [0.15, 0.2) is 0 Å². The first-order valence-electron chi connectivity index (χ1n) is 9.46. The molecule has 7 nitrogen and oxygen atoms in total. The highest BCUT2D eigenvalue weighted by atomic mass is 32.1. The molecule has 3 N–H and O–H groups in total. The summed E-state index contributed by atoms with van der Waals surface area (Å²) in [7, 11) is 0. The molecule has 2 fully saturated rings. The number of hydrogen-bond donors (Lipinski definition) is 2. The van der Waals surface area contributed by atoms with Crippen LogP contribution in [0.5, 0.6) is 10.9 Å². The van der Waals surface area contributed by atoms with Crippen LogP contribution in [-0.2, 0) is 13.0 Å². The smallest absolute Gasteiger partial charge is 0.315 e. The molecule has 1 aromatic heterocycles. The number of urea groups is 1. The molecule has 2 bridgehead atoms. The Labute approximate surface area is 162 Å². The van der Waals surface area contributed by atoms with E-state index < -0.39 is 0 Å². The van der Waals surface area contributed by atoms with Gasteiger partial charge in [0.25, 0.3) is 5.19 Å². The van der Waals surface area contributed by atoms with E-state index in [1.165, 1.54) is 10.4 Å². The molecule has 2 saturated heterocycles. The number of aryl methyl sites for hydroxylation is 1. The van der Waals surface area contributed by atoms with Crippen molar-refractivity contribution >= 4 is 23.2 Å². The van der Waals surface area contributed by atoms with Crippen LogP contribution in [0.1, 0.15) is 23.3 Å². The zero-order valence-corrected chi connectivity index (χ0v) is 15.9. The van der Waals surface area contributed by atoms with E-state index in [1.807, 2.05) is 12.1 Å². The Hall–Kier alpha value is -2.32. The fraction of sp³-hybridized carbons (Fsp3) is 0.474. The second-order valence-electron chi connectivity index (χ2n) is 7.49. The second kappa shape index (κ2) is 6.69. The lowest BCUT2D eigenvalue weighted by atomic mass is 10.2. The van der Waals surface area contributed by atoms with Crippen LogP contribution in [0.2, 0.25) is 0 Å². The van der Waals surface area contributed by atoms with E-state index in [0.717, 1.165) is 57.0 Å². The number of aromatic nitrogens is 1. The number of piperazine rings is 1. The highest BCUT2D eigenvalue weighted by molar-refractivity contribution is 7.13. The molecule has 3 aliphatic heterocycles. The average molecular weight is 385 g/mol. The van der Waals surface area contributed by atoms with Gasteiger partial charge in [0, 0.05) is 38.3 Å². The molecule has 0 unspecified atom stereocenters. The Morgan fingerprint density at radius 1 is 1.30 bits per heavy atom. The van der Waals surface area contributed by atoms with Gasteiger partial charge < -0.3 is 20.7 Å². The Bertz CT molecular complexity index is 829. The quantitative estimate of drug-likeness (QED) is 0.845. The zero-order valence-electron chi connectivity index (χ0n) is 15.1. The van der Waals surface area contributed by atoms with Crippen molar-refractivity contribution in [3.05, 3.63) is 34.7 Å². The van der Waals surface area contributed by atoms with Crippen LogP contribution in [-0.4, -0.2) is 52.5 Å². The molecule has 0 aliphatic carbocycles. The van der Waals surface area contributed by atoms with Gasteiger partial charge >= 0.3 is 6.03 Å². The molecule has 2 amide bonds. The van der Waals surface area contributed by atoms with Crippen LogP contribution >= 0.6 is 11.3 Å². The van der Waals surface area contributed by atoms with Crippen LogP contribution in [0.3, 0.4) is 0 Å². The Morgan fingerprint density at radius 3 is 2.85 bits per heavy atom. The van der Waals surface area contributed by atoms with E-state index in [-0.39, 0.29) is 12.1 Å². The van der Waals surface area contributed by atoms with Crippen molar-refractivity contribution in [3.63, 3.8) is 0 Å². The second-order valence-corrected chi connectivity index (χ2v) is 8.54. The predicted molar refractivity (Wildman–Crippen MR) is 104 cm³/mol. The first-order chi connectivity index (χ1) is 13.2. The molecule has 27 heavy (non-hydrogen) atoms. The number of fused-ring (bicyclic) bond motifs is 3. The largest absolute Gasteiger partial charge is 0.431 e. The normalized spacial score (nSPS) is 23.9. The lowest BCUT2D eigenvalue weighted by molar-refractivity contribution is 0.137. The van der Waals surface area contributed by atoms with Crippen molar-refractivity contribution in [2.45, 2.75) is 37.9 Å². The molecule has 2 atom stereocenters.